The number of carbonyl (C=O) groups excluding carboxylic acids is 1. The molecule has 1 atom stereocenters. The van der Waals surface area contributed by atoms with Gasteiger partial charge in [-0.05, 0) is 18.6 Å². The fourth-order valence-electron chi connectivity index (χ4n) is 1.14. The molecule has 1 N–H and O–H groups in total. The molecular weight excluding hydrogens is 224 g/mol. The van der Waals surface area contributed by atoms with Gasteiger partial charge in [0.15, 0.2) is 5.78 Å². The number of hydrogen-bond donors (Lipinski definition) is 1. The van der Waals surface area contributed by atoms with Crippen molar-refractivity contribution in [2.45, 2.75) is 13.0 Å². The monoisotopic (exact) mass is 236 g/mol. The molecule has 1 aromatic rings. The molecule has 0 aliphatic rings. The molecule has 0 heterocycles. The van der Waals surface area contributed by atoms with E-state index in [0.717, 1.165) is 5.56 Å². The maximum Gasteiger partial charge on any atom is 0.158 e. The molecule has 0 aliphatic carbocycles. The van der Waals surface area contributed by atoms with E-state index in [-0.39, 0.29) is 11.4 Å². The van der Waals surface area contributed by atoms with Gasteiger partial charge >= 0.3 is 0 Å². The molecule has 0 spiro atoms. The summed E-state index contributed by atoms with van der Waals surface area (Å²) in [6, 6.07) is 9.21. The summed E-state index contributed by atoms with van der Waals surface area (Å²) in [5, 5.41) is 10.0. The lowest BCUT2D eigenvalue weighted by molar-refractivity contribution is -0.114. The van der Waals surface area contributed by atoms with Crippen molar-refractivity contribution in [1.82, 2.24) is 0 Å². The van der Waals surface area contributed by atoms with E-state index in [1.54, 1.807) is 0 Å². The van der Waals surface area contributed by atoms with E-state index in [1.807, 2.05) is 30.3 Å². The Hall–Kier alpha value is -1.38. The summed E-state index contributed by atoms with van der Waals surface area (Å²) in [6.07, 6.45) is 0.367. The third-order valence-electron chi connectivity index (χ3n) is 2.16. The number of carbonyl (C=O) groups is 1. The van der Waals surface area contributed by atoms with Gasteiger partial charge in [0, 0.05) is 10.6 Å². The second-order valence-electron chi connectivity index (χ2n) is 3.41. The highest BCUT2D eigenvalue weighted by atomic mass is 35.5. The van der Waals surface area contributed by atoms with Crippen molar-refractivity contribution in [2.75, 3.05) is 0 Å². The van der Waals surface area contributed by atoms with Crippen LogP contribution in [0.2, 0.25) is 0 Å². The van der Waals surface area contributed by atoms with Crippen LogP contribution in [-0.4, -0.2) is 17.0 Å². The molecule has 1 unspecified atom stereocenters. The molecule has 3 heteroatoms. The first-order chi connectivity index (χ1) is 7.52. The van der Waals surface area contributed by atoms with Crippen LogP contribution in [0.1, 0.15) is 12.5 Å². The van der Waals surface area contributed by atoms with Crippen molar-refractivity contribution in [2.24, 2.45) is 0 Å². The second-order valence-corrected chi connectivity index (χ2v) is 3.81. The minimum atomic E-state index is -1.04. The highest BCUT2D eigenvalue weighted by Crippen LogP contribution is 2.20. The van der Waals surface area contributed by atoms with Crippen molar-refractivity contribution in [1.29, 1.82) is 0 Å². The van der Waals surface area contributed by atoms with Crippen LogP contribution in [0.15, 0.2) is 48.6 Å². The Morgan fingerprint density at radius 3 is 2.50 bits per heavy atom. The third kappa shape index (κ3) is 3.33. The highest BCUT2D eigenvalue weighted by Gasteiger charge is 2.11. The summed E-state index contributed by atoms with van der Waals surface area (Å²) >= 11 is 6.00. The largest absolute Gasteiger partial charge is 0.384 e. The molecule has 0 aromatic heterocycles. The van der Waals surface area contributed by atoms with E-state index in [9.17, 15) is 9.90 Å². The van der Waals surface area contributed by atoms with Crippen LogP contribution in [0.4, 0.5) is 0 Å². The van der Waals surface area contributed by atoms with Gasteiger partial charge in [-0.1, -0.05) is 48.5 Å². The number of benzene rings is 1. The van der Waals surface area contributed by atoms with Crippen molar-refractivity contribution in [3.63, 3.8) is 0 Å². The van der Waals surface area contributed by atoms with Crippen molar-refractivity contribution in [3.8, 4) is 0 Å². The predicted octanol–water partition coefficient (Wildman–Crippen LogP) is 2.77. The minimum Gasteiger partial charge on any atom is -0.384 e. The molecule has 2 nitrogen and oxygen atoms in total. The van der Waals surface area contributed by atoms with Crippen LogP contribution >= 0.6 is 11.6 Å². The van der Waals surface area contributed by atoms with E-state index in [4.69, 9.17) is 11.6 Å². The first-order valence-electron chi connectivity index (χ1n) is 4.83. The fraction of sp³-hybridized carbons (Fsp3) is 0.154. The Kier molecular flexibility index (Phi) is 4.47. The number of halogens is 1. The van der Waals surface area contributed by atoms with E-state index >= 15 is 0 Å². The lowest BCUT2D eigenvalue weighted by Gasteiger charge is -2.07. The van der Waals surface area contributed by atoms with Crippen LogP contribution in [0.25, 0.3) is 5.03 Å². The van der Waals surface area contributed by atoms with E-state index < -0.39 is 6.10 Å². The fourth-order valence-corrected chi connectivity index (χ4v) is 1.39. The molecule has 1 rings (SSSR count). The minimum absolute atomic E-state index is 0.133. The smallest absolute Gasteiger partial charge is 0.158 e. The molecule has 0 amide bonds. The van der Waals surface area contributed by atoms with Gasteiger partial charge in [0.05, 0.1) is 0 Å². The molecule has 0 saturated carbocycles. The number of aliphatic hydroxyl groups is 1. The third-order valence-corrected chi connectivity index (χ3v) is 2.51. The summed E-state index contributed by atoms with van der Waals surface area (Å²) in [4.78, 5) is 11.0. The lowest BCUT2D eigenvalue weighted by Crippen LogP contribution is -2.12. The van der Waals surface area contributed by atoms with Gasteiger partial charge in [0.25, 0.3) is 0 Å². The summed E-state index contributed by atoms with van der Waals surface area (Å²) in [7, 11) is 0. The van der Waals surface area contributed by atoms with Crippen LogP contribution in [0.5, 0.6) is 0 Å². The van der Waals surface area contributed by atoms with Crippen molar-refractivity contribution < 1.29 is 9.90 Å². The molecule has 84 valence electrons. The van der Waals surface area contributed by atoms with E-state index in [1.165, 1.54) is 13.0 Å². The summed E-state index contributed by atoms with van der Waals surface area (Å²) in [6.45, 7) is 4.86. The van der Waals surface area contributed by atoms with Crippen LogP contribution < -0.4 is 0 Å². The summed E-state index contributed by atoms with van der Waals surface area (Å²) in [5.74, 6) is -0.249. The zero-order chi connectivity index (χ0) is 12.1. The van der Waals surface area contributed by atoms with Crippen molar-refractivity contribution in [3.05, 3.63) is 54.1 Å². The van der Waals surface area contributed by atoms with E-state index in [0.29, 0.717) is 5.03 Å². The van der Waals surface area contributed by atoms with Crippen molar-refractivity contribution >= 4 is 22.4 Å². The maximum atomic E-state index is 11.0. The van der Waals surface area contributed by atoms with Crippen LogP contribution in [0, 0.1) is 0 Å². The number of aliphatic hydroxyl groups excluding tert-OH is 1. The normalized spacial score (nSPS) is 13.3. The zero-order valence-corrected chi connectivity index (χ0v) is 9.74. The number of rotatable bonds is 4. The predicted molar refractivity (Wildman–Crippen MR) is 66.1 cm³/mol. The Morgan fingerprint density at radius 1 is 1.44 bits per heavy atom. The molecule has 16 heavy (non-hydrogen) atoms. The van der Waals surface area contributed by atoms with Gasteiger partial charge in [-0.25, -0.2) is 0 Å². The standard InChI is InChI=1S/C13H13ClO2/c1-9(10(2)15)13(16)8-12(14)11-6-4-3-5-7-11/h3-8,13,16H,1H2,2H3/b12-8-. The molecule has 1 aromatic carbocycles. The molecule has 0 radical (unpaired) electrons. The summed E-state index contributed by atoms with van der Waals surface area (Å²) < 4.78 is 0. The average molecular weight is 237 g/mol. The van der Waals surface area contributed by atoms with Gasteiger partial charge in [0.1, 0.15) is 6.10 Å². The van der Waals surface area contributed by atoms with Crippen LogP contribution in [-0.2, 0) is 4.79 Å². The molecular formula is C13H13ClO2. The Morgan fingerprint density at radius 2 is 2.00 bits per heavy atom. The summed E-state index contributed by atoms with van der Waals surface area (Å²) in [5.41, 5.74) is 0.925. The lowest BCUT2D eigenvalue weighted by atomic mass is 10.1. The average Bonchev–Trinajstić information content (AvgIpc) is 2.28. The van der Waals surface area contributed by atoms with E-state index in [2.05, 4.69) is 6.58 Å². The molecule has 0 saturated heterocycles. The number of ketones is 1. The Balaban J connectivity index is 2.86. The first-order valence-corrected chi connectivity index (χ1v) is 5.20. The van der Waals surface area contributed by atoms with Gasteiger partial charge in [-0.3, -0.25) is 4.79 Å². The van der Waals surface area contributed by atoms with Gasteiger partial charge in [0.2, 0.25) is 0 Å². The Bertz CT molecular complexity index is 421. The van der Waals surface area contributed by atoms with Crippen LogP contribution in [0.3, 0.4) is 0 Å². The van der Waals surface area contributed by atoms with Gasteiger partial charge in [-0.2, -0.15) is 0 Å². The SMILES string of the molecule is C=C(C(C)=O)C(O)/C=C(\Cl)c1ccccc1. The molecule has 0 aliphatic heterocycles. The molecule has 0 bridgehead atoms. The van der Waals surface area contributed by atoms with Gasteiger partial charge in [-0.15, -0.1) is 0 Å². The number of Topliss-reactive ketones (excluding diaryl/α,β-unsaturated/α-hetero) is 1. The van der Waals surface area contributed by atoms with Gasteiger partial charge < -0.3 is 5.11 Å². The zero-order valence-electron chi connectivity index (χ0n) is 8.98. The quantitative estimate of drug-likeness (QED) is 0.817. The number of hydrogen-bond acceptors (Lipinski definition) is 2. The molecule has 0 fully saturated rings. The topological polar surface area (TPSA) is 37.3 Å². The highest BCUT2D eigenvalue weighted by molar-refractivity contribution is 6.48. The maximum absolute atomic E-state index is 11.0. The second kappa shape index (κ2) is 5.64. The Labute approximate surface area is 99.9 Å². The first kappa shape index (κ1) is 12.7.